The van der Waals surface area contributed by atoms with Crippen molar-refractivity contribution >= 4 is 28.8 Å². The number of aromatic nitrogens is 1. The van der Waals surface area contributed by atoms with Crippen LogP contribution in [-0.2, 0) is 6.42 Å². The van der Waals surface area contributed by atoms with E-state index in [1.807, 2.05) is 28.6 Å². The van der Waals surface area contributed by atoms with Crippen LogP contribution in [0.3, 0.4) is 0 Å². The van der Waals surface area contributed by atoms with E-state index < -0.39 is 0 Å². The molecule has 0 N–H and O–H groups in total. The van der Waals surface area contributed by atoms with Gasteiger partial charge in [-0.2, -0.15) is 0 Å². The topological polar surface area (TPSA) is 33.2 Å². The molecule has 0 radical (unpaired) electrons. The second-order valence-electron chi connectivity index (χ2n) is 5.40. The van der Waals surface area contributed by atoms with Crippen LogP contribution in [0.4, 0.5) is 0 Å². The Hall–Kier alpha value is -1.39. The van der Waals surface area contributed by atoms with Crippen molar-refractivity contribution < 1.29 is 4.79 Å². The number of thiazole rings is 1. The lowest BCUT2D eigenvalue weighted by Gasteiger charge is -2.32. The van der Waals surface area contributed by atoms with Crippen molar-refractivity contribution in [1.29, 1.82) is 0 Å². The fourth-order valence-corrected chi connectivity index (χ4v) is 3.74. The highest BCUT2D eigenvalue weighted by atomic mass is 35.5. The number of halogens is 1. The van der Waals surface area contributed by atoms with Crippen LogP contribution in [0.15, 0.2) is 35.8 Å². The number of benzene rings is 1. The second-order valence-corrected chi connectivity index (χ2v) is 6.82. The highest BCUT2D eigenvalue weighted by molar-refractivity contribution is 7.09. The lowest BCUT2D eigenvalue weighted by molar-refractivity contribution is 0.0673. The molecule has 3 nitrogen and oxygen atoms in total. The molecule has 1 aromatic carbocycles. The third kappa shape index (κ3) is 3.63. The molecular formula is C16H17ClN2OS. The molecule has 1 aliphatic rings. The first-order valence-corrected chi connectivity index (χ1v) is 8.41. The molecule has 110 valence electrons. The van der Waals surface area contributed by atoms with Gasteiger partial charge in [0.05, 0.1) is 5.01 Å². The fourth-order valence-electron chi connectivity index (χ4n) is 2.82. The molecule has 1 atom stereocenters. The summed E-state index contributed by atoms with van der Waals surface area (Å²) in [6.07, 6.45) is 5.04. The highest BCUT2D eigenvalue weighted by Crippen LogP contribution is 2.23. The van der Waals surface area contributed by atoms with E-state index in [1.165, 1.54) is 6.42 Å². The third-order valence-electron chi connectivity index (χ3n) is 3.82. The van der Waals surface area contributed by atoms with Crippen LogP contribution in [0, 0.1) is 5.92 Å². The molecule has 0 unspecified atom stereocenters. The second kappa shape index (κ2) is 6.58. The zero-order valence-electron chi connectivity index (χ0n) is 11.7. The summed E-state index contributed by atoms with van der Waals surface area (Å²) in [4.78, 5) is 18.9. The number of hydrogen-bond acceptors (Lipinski definition) is 3. The van der Waals surface area contributed by atoms with Gasteiger partial charge in [0.2, 0.25) is 0 Å². The minimum absolute atomic E-state index is 0.0846. The van der Waals surface area contributed by atoms with Crippen molar-refractivity contribution in [1.82, 2.24) is 9.88 Å². The summed E-state index contributed by atoms with van der Waals surface area (Å²) in [5.74, 6) is 0.592. The maximum Gasteiger partial charge on any atom is 0.253 e. The zero-order valence-corrected chi connectivity index (χ0v) is 13.2. The average Bonchev–Trinajstić information content (AvgIpc) is 3.00. The molecule has 0 saturated carbocycles. The standard InChI is InChI=1S/C16H17ClN2OS/c17-14-5-1-4-13(10-14)16(20)19-7-2-3-12(11-19)9-15-18-6-8-21-15/h1,4-6,8,10,12H,2-3,7,9,11H2/t12-/m1/s1. The largest absolute Gasteiger partial charge is 0.338 e. The van der Waals surface area contributed by atoms with Crippen molar-refractivity contribution in [3.8, 4) is 0 Å². The van der Waals surface area contributed by atoms with Crippen LogP contribution in [-0.4, -0.2) is 28.9 Å². The van der Waals surface area contributed by atoms with Crippen molar-refractivity contribution in [2.75, 3.05) is 13.1 Å². The van der Waals surface area contributed by atoms with Crippen molar-refractivity contribution in [3.63, 3.8) is 0 Å². The molecule has 1 fully saturated rings. The number of likely N-dealkylation sites (tertiary alicyclic amines) is 1. The van der Waals surface area contributed by atoms with E-state index in [0.717, 1.165) is 30.9 Å². The molecule has 1 saturated heterocycles. The van der Waals surface area contributed by atoms with Gasteiger partial charge in [-0.25, -0.2) is 4.98 Å². The van der Waals surface area contributed by atoms with E-state index in [4.69, 9.17) is 11.6 Å². The zero-order chi connectivity index (χ0) is 14.7. The number of carbonyl (C=O) groups is 1. The molecule has 1 aliphatic heterocycles. The van der Waals surface area contributed by atoms with Gasteiger partial charge in [-0.05, 0) is 37.0 Å². The Morgan fingerprint density at radius 3 is 3.14 bits per heavy atom. The Bertz CT molecular complexity index is 614. The van der Waals surface area contributed by atoms with Crippen LogP contribution in [0.25, 0.3) is 0 Å². The Kier molecular flexibility index (Phi) is 4.56. The summed E-state index contributed by atoms with van der Waals surface area (Å²) in [6.45, 7) is 1.64. The fraction of sp³-hybridized carbons (Fsp3) is 0.375. The molecule has 1 aromatic heterocycles. The van der Waals surface area contributed by atoms with Gasteiger partial charge in [-0.1, -0.05) is 17.7 Å². The van der Waals surface area contributed by atoms with E-state index in [-0.39, 0.29) is 5.91 Å². The van der Waals surface area contributed by atoms with Crippen molar-refractivity contribution in [2.45, 2.75) is 19.3 Å². The summed E-state index contributed by atoms with van der Waals surface area (Å²) < 4.78 is 0. The highest BCUT2D eigenvalue weighted by Gasteiger charge is 2.25. The van der Waals surface area contributed by atoms with Crippen molar-refractivity contribution in [3.05, 3.63) is 51.4 Å². The minimum Gasteiger partial charge on any atom is -0.338 e. The molecule has 0 bridgehead atoms. The van der Waals surface area contributed by atoms with Gasteiger partial charge >= 0.3 is 0 Å². The predicted octanol–water partition coefficient (Wildman–Crippen LogP) is 3.89. The summed E-state index contributed by atoms with van der Waals surface area (Å²) in [5, 5.41) is 3.78. The van der Waals surface area contributed by atoms with Crippen LogP contribution in [0.1, 0.15) is 28.2 Å². The van der Waals surface area contributed by atoms with Gasteiger partial charge in [0.15, 0.2) is 0 Å². The van der Waals surface area contributed by atoms with Crippen LogP contribution in [0.5, 0.6) is 0 Å². The Labute approximate surface area is 133 Å². The SMILES string of the molecule is O=C(c1cccc(Cl)c1)N1CCC[C@H](Cc2nccs2)C1. The number of nitrogens with zero attached hydrogens (tertiary/aromatic N) is 2. The summed E-state index contributed by atoms with van der Waals surface area (Å²) in [6, 6.07) is 7.19. The van der Waals surface area contributed by atoms with E-state index >= 15 is 0 Å². The molecule has 3 rings (SSSR count). The van der Waals surface area contributed by atoms with E-state index in [0.29, 0.717) is 16.5 Å². The Morgan fingerprint density at radius 1 is 1.48 bits per heavy atom. The van der Waals surface area contributed by atoms with Crippen molar-refractivity contribution in [2.24, 2.45) is 5.92 Å². The summed E-state index contributed by atoms with van der Waals surface area (Å²) in [7, 11) is 0. The van der Waals surface area contributed by atoms with Gasteiger partial charge in [-0.3, -0.25) is 4.79 Å². The lowest BCUT2D eigenvalue weighted by Crippen LogP contribution is -2.40. The molecule has 0 aliphatic carbocycles. The maximum absolute atomic E-state index is 12.6. The Morgan fingerprint density at radius 2 is 2.38 bits per heavy atom. The summed E-state index contributed by atoms with van der Waals surface area (Å²) in [5.41, 5.74) is 0.678. The minimum atomic E-state index is 0.0846. The van der Waals surface area contributed by atoms with E-state index in [2.05, 4.69) is 4.98 Å². The Balaban J connectivity index is 1.66. The van der Waals surface area contributed by atoms with E-state index in [9.17, 15) is 4.79 Å². The summed E-state index contributed by atoms with van der Waals surface area (Å²) >= 11 is 7.67. The third-order valence-corrected chi connectivity index (χ3v) is 4.86. The van der Waals surface area contributed by atoms with Crippen LogP contribution < -0.4 is 0 Å². The first-order valence-electron chi connectivity index (χ1n) is 7.15. The van der Waals surface area contributed by atoms with Crippen LogP contribution in [0.2, 0.25) is 5.02 Å². The quantitative estimate of drug-likeness (QED) is 0.859. The number of carbonyl (C=O) groups excluding carboxylic acids is 1. The normalized spacial score (nSPS) is 18.7. The first-order chi connectivity index (χ1) is 10.2. The van der Waals surface area contributed by atoms with E-state index in [1.54, 1.807) is 23.5 Å². The molecule has 21 heavy (non-hydrogen) atoms. The monoisotopic (exact) mass is 320 g/mol. The molecule has 2 aromatic rings. The molecule has 2 heterocycles. The number of amides is 1. The molecule has 5 heteroatoms. The molecular weight excluding hydrogens is 304 g/mol. The number of rotatable bonds is 3. The van der Waals surface area contributed by atoms with Gasteiger partial charge in [0.25, 0.3) is 5.91 Å². The maximum atomic E-state index is 12.6. The predicted molar refractivity (Wildman–Crippen MR) is 85.9 cm³/mol. The number of piperidine rings is 1. The lowest BCUT2D eigenvalue weighted by atomic mass is 9.94. The molecule has 0 spiro atoms. The smallest absolute Gasteiger partial charge is 0.253 e. The first kappa shape index (κ1) is 14.5. The van der Waals surface area contributed by atoms with Gasteiger partial charge in [-0.15, -0.1) is 11.3 Å². The molecule has 1 amide bonds. The van der Waals surface area contributed by atoms with Crippen LogP contribution >= 0.6 is 22.9 Å². The van der Waals surface area contributed by atoms with Gasteiger partial charge in [0.1, 0.15) is 0 Å². The average molecular weight is 321 g/mol. The van der Waals surface area contributed by atoms with Gasteiger partial charge in [0, 0.05) is 41.7 Å². The van der Waals surface area contributed by atoms with Gasteiger partial charge < -0.3 is 4.90 Å². The number of hydrogen-bond donors (Lipinski definition) is 0.